The largest absolute Gasteiger partial charge is 0.355 e. The van der Waals surface area contributed by atoms with Crippen LogP contribution in [0.1, 0.15) is 75.4 Å². The van der Waals surface area contributed by atoms with Gasteiger partial charge in [0.2, 0.25) is 0 Å². The van der Waals surface area contributed by atoms with Crippen LogP contribution in [0.2, 0.25) is 0 Å². The van der Waals surface area contributed by atoms with E-state index >= 15 is 0 Å². The van der Waals surface area contributed by atoms with Gasteiger partial charge in [-0.1, -0.05) is 59.7 Å². The second kappa shape index (κ2) is 8.70. The van der Waals surface area contributed by atoms with E-state index in [9.17, 15) is 0 Å². The van der Waals surface area contributed by atoms with Gasteiger partial charge >= 0.3 is 0 Å². The minimum Gasteiger partial charge on any atom is -0.355 e. The predicted octanol–water partition coefficient (Wildman–Crippen LogP) is 8.92. The SMILES string of the molecule is CC(C)(C)c1cc(-c2cc3cc4nc(cc5ccc(cc6nc(cc2[nH]3)C=C6)[nH]5)C=C4)cc(C(C)(C)C)c1. The second-order valence-corrected chi connectivity index (χ2v) is 12.4. The fourth-order valence-corrected chi connectivity index (χ4v) is 4.91. The Morgan fingerprint density at radius 1 is 0.500 bits per heavy atom. The van der Waals surface area contributed by atoms with Crippen molar-refractivity contribution in [2.45, 2.75) is 52.4 Å². The fraction of sp³-hybridized carbons (Fsp3) is 0.235. The number of H-pyrrole nitrogens is 2. The summed E-state index contributed by atoms with van der Waals surface area (Å²) in [5, 5.41) is 0. The highest BCUT2D eigenvalue weighted by Crippen LogP contribution is 2.36. The number of rotatable bonds is 1. The van der Waals surface area contributed by atoms with E-state index in [2.05, 4.69) is 136 Å². The average Bonchev–Trinajstić information content (AvgIpc) is 3.63. The molecule has 1 aromatic carbocycles. The third-order valence-corrected chi connectivity index (χ3v) is 7.14. The summed E-state index contributed by atoms with van der Waals surface area (Å²) in [6.45, 7) is 13.7. The highest BCUT2D eigenvalue weighted by Gasteiger charge is 2.21. The molecule has 6 rings (SSSR count). The molecular formula is C34H34N4. The molecule has 3 aromatic heterocycles. The van der Waals surface area contributed by atoms with Crippen LogP contribution in [0.15, 0.2) is 60.7 Å². The monoisotopic (exact) mass is 498 g/mol. The molecule has 2 N–H and O–H groups in total. The van der Waals surface area contributed by atoms with Crippen LogP contribution < -0.4 is 0 Å². The summed E-state index contributed by atoms with van der Waals surface area (Å²) in [5.41, 5.74) is 12.9. The van der Waals surface area contributed by atoms with Crippen LogP contribution >= 0.6 is 0 Å². The third-order valence-electron chi connectivity index (χ3n) is 7.14. The Hall–Kier alpha value is -4.18. The number of benzene rings is 1. The van der Waals surface area contributed by atoms with Gasteiger partial charge in [0, 0.05) is 27.6 Å². The molecule has 8 bridgehead atoms. The van der Waals surface area contributed by atoms with Gasteiger partial charge in [-0.2, -0.15) is 0 Å². The molecule has 5 heterocycles. The molecule has 4 aromatic rings. The van der Waals surface area contributed by atoms with Crippen molar-refractivity contribution in [2.24, 2.45) is 0 Å². The first kappa shape index (κ1) is 24.2. The number of nitrogens with zero attached hydrogens (tertiary/aromatic N) is 2. The van der Waals surface area contributed by atoms with E-state index in [1.807, 2.05) is 0 Å². The van der Waals surface area contributed by atoms with Crippen LogP contribution in [0.3, 0.4) is 0 Å². The third kappa shape index (κ3) is 4.87. The van der Waals surface area contributed by atoms with Crippen LogP contribution in [-0.4, -0.2) is 19.9 Å². The lowest BCUT2D eigenvalue weighted by Gasteiger charge is -2.26. The van der Waals surface area contributed by atoms with Crippen molar-refractivity contribution in [1.29, 1.82) is 0 Å². The van der Waals surface area contributed by atoms with E-state index in [1.54, 1.807) is 0 Å². The number of nitrogens with one attached hydrogen (secondary N) is 2. The Labute approximate surface area is 224 Å². The number of hydrogen-bond donors (Lipinski definition) is 2. The highest BCUT2D eigenvalue weighted by atomic mass is 14.8. The van der Waals surface area contributed by atoms with E-state index in [-0.39, 0.29) is 10.8 Å². The summed E-state index contributed by atoms with van der Waals surface area (Å²) >= 11 is 0. The molecule has 38 heavy (non-hydrogen) atoms. The van der Waals surface area contributed by atoms with Crippen molar-refractivity contribution in [3.8, 4) is 11.1 Å². The molecule has 4 nitrogen and oxygen atoms in total. The van der Waals surface area contributed by atoms with Gasteiger partial charge in [-0.3, -0.25) is 0 Å². The van der Waals surface area contributed by atoms with Gasteiger partial charge in [-0.15, -0.1) is 0 Å². The first-order chi connectivity index (χ1) is 18.0. The second-order valence-electron chi connectivity index (χ2n) is 12.4. The van der Waals surface area contributed by atoms with Crippen molar-refractivity contribution < 1.29 is 0 Å². The molecule has 0 unspecified atom stereocenters. The lowest BCUT2D eigenvalue weighted by atomic mass is 9.79. The number of aromatic nitrogens is 4. The van der Waals surface area contributed by atoms with Gasteiger partial charge in [0.15, 0.2) is 0 Å². The lowest BCUT2D eigenvalue weighted by molar-refractivity contribution is 0.569. The summed E-state index contributed by atoms with van der Waals surface area (Å²) in [7, 11) is 0. The molecule has 0 radical (unpaired) electrons. The van der Waals surface area contributed by atoms with E-state index in [0.29, 0.717) is 0 Å². The molecule has 0 amide bonds. The van der Waals surface area contributed by atoms with Crippen LogP contribution in [0.5, 0.6) is 0 Å². The Balaban J connectivity index is 1.66. The first-order valence-corrected chi connectivity index (χ1v) is 13.2. The standard InChI is InChI=1S/C34H34N4/c1-33(2,3)22-13-21(14-23(15-22)34(4,5)6)31-19-30-18-28-10-9-26(36-28)16-24-7-8-25(35-24)17-27-11-12-29(37-27)20-32(31)38-30/h7-20,35,38H,1-6H3. The van der Waals surface area contributed by atoms with Crippen molar-refractivity contribution in [3.63, 3.8) is 0 Å². The molecule has 0 saturated carbocycles. The summed E-state index contributed by atoms with van der Waals surface area (Å²) in [5.74, 6) is 0. The first-order valence-electron chi connectivity index (χ1n) is 13.2. The topological polar surface area (TPSA) is 57.4 Å². The summed E-state index contributed by atoms with van der Waals surface area (Å²) in [6.07, 6.45) is 8.25. The lowest BCUT2D eigenvalue weighted by Crippen LogP contribution is -2.16. The Morgan fingerprint density at radius 2 is 0.974 bits per heavy atom. The molecule has 4 heteroatoms. The molecule has 0 atom stereocenters. The number of hydrogen-bond acceptors (Lipinski definition) is 2. The molecule has 2 aliphatic rings. The van der Waals surface area contributed by atoms with Crippen molar-refractivity contribution in [3.05, 3.63) is 94.6 Å². The van der Waals surface area contributed by atoms with Crippen LogP contribution in [0.4, 0.5) is 0 Å². The molecule has 0 aliphatic carbocycles. The zero-order valence-corrected chi connectivity index (χ0v) is 23.0. The number of fused-ring (bicyclic) bond motifs is 8. The van der Waals surface area contributed by atoms with Crippen molar-refractivity contribution in [1.82, 2.24) is 19.9 Å². The van der Waals surface area contributed by atoms with Gasteiger partial charge in [-0.05, 0) is 94.3 Å². The maximum absolute atomic E-state index is 4.88. The minimum atomic E-state index is 0.0407. The molecule has 2 aliphatic heterocycles. The van der Waals surface area contributed by atoms with Crippen LogP contribution in [-0.2, 0) is 10.8 Å². The zero-order valence-electron chi connectivity index (χ0n) is 23.0. The van der Waals surface area contributed by atoms with Crippen molar-refractivity contribution >= 4 is 46.4 Å². The minimum absolute atomic E-state index is 0.0407. The van der Waals surface area contributed by atoms with Gasteiger partial charge in [0.1, 0.15) is 0 Å². The maximum Gasteiger partial charge on any atom is 0.0658 e. The summed E-state index contributed by atoms with van der Waals surface area (Å²) < 4.78 is 0. The molecule has 0 fully saturated rings. The summed E-state index contributed by atoms with van der Waals surface area (Å²) in [4.78, 5) is 16.8. The van der Waals surface area contributed by atoms with E-state index in [4.69, 9.17) is 9.97 Å². The van der Waals surface area contributed by atoms with E-state index in [0.717, 1.165) is 50.4 Å². The van der Waals surface area contributed by atoms with Crippen LogP contribution in [0.25, 0.3) is 57.5 Å². The Morgan fingerprint density at radius 3 is 1.47 bits per heavy atom. The normalized spacial score (nSPS) is 13.3. The van der Waals surface area contributed by atoms with Gasteiger partial charge in [0.05, 0.1) is 22.8 Å². The molecule has 190 valence electrons. The molecule has 0 saturated heterocycles. The Bertz CT molecular complexity index is 1750. The van der Waals surface area contributed by atoms with Gasteiger partial charge in [0.25, 0.3) is 0 Å². The van der Waals surface area contributed by atoms with E-state index < -0.39 is 0 Å². The quantitative estimate of drug-likeness (QED) is 0.238. The fourth-order valence-electron chi connectivity index (χ4n) is 4.91. The Kier molecular flexibility index (Phi) is 5.53. The van der Waals surface area contributed by atoms with Gasteiger partial charge in [-0.25, -0.2) is 9.97 Å². The average molecular weight is 499 g/mol. The summed E-state index contributed by atoms with van der Waals surface area (Å²) in [6, 6.07) is 21.8. The van der Waals surface area contributed by atoms with Crippen molar-refractivity contribution in [2.75, 3.05) is 0 Å². The van der Waals surface area contributed by atoms with Crippen LogP contribution in [0, 0.1) is 0 Å². The maximum atomic E-state index is 4.88. The van der Waals surface area contributed by atoms with Gasteiger partial charge < -0.3 is 9.97 Å². The highest BCUT2D eigenvalue weighted by molar-refractivity contribution is 5.88. The van der Waals surface area contributed by atoms with E-state index in [1.165, 1.54) is 16.7 Å². The predicted molar refractivity (Wildman–Crippen MR) is 162 cm³/mol. The molecular weight excluding hydrogens is 464 g/mol. The zero-order chi connectivity index (χ0) is 26.7. The number of aromatic amines is 2. The molecule has 0 spiro atoms. The smallest absolute Gasteiger partial charge is 0.0658 e.